The Bertz CT molecular complexity index is 538. The van der Waals surface area contributed by atoms with Gasteiger partial charge in [-0.25, -0.2) is 4.39 Å². The highest BCUT2D eigenvalue weighted by molar-refractivity contribution is 5.33. The second-order valence-electron chi connectivity index (χ2n) is 4.56. The monoisotopic (exact) mass is 260 g/mol. The van der Waals surface area contributed by atoms with Crippen LogP contribution in [-0.4, -0.2) is 6.10 Å². The molecule has 0 bridgehead atoms. The van der Waals surface area contributed by atoms with Crippen LogP contribution in [0.15, 0.2) is 48.5 Å². The number of halogens is 1. The van der Waals surface area contributed by atoms with Crippen LogP contribution >= 0.6 is 0 Å². The van der Waals surface area contributed by atoms with Crippen LogP contribution in [0.1, 0.15) is 19.4 Å². The van der Waals surface area contributed by atoms with E-state index in [1.807, 2.05) is 44.2 Å². The summed E-state index contributed by atoms with van der Waals surface area (Å²) < 4.78 is 24.2. The van der Waals surface area contributed by atoms with Crippen LogP contribution in [0.3, 0.4) is 0 Å². The van der Waals surface area contributed by atoms with Crippen molar-refractivity contribution in [1.29, 1.82) is 0 Å². The SMILES string of the molecule is CC(C)Oc1cccc(OCc2cccc(F)c2)c1. The molecule has 0 unspecified atom stereocenters. The first-order valence-corrected chi connectivity index (χ1v) is 6.27. The van der Waals surface area contributed by atoms with Gasteiger partial charge < -0.3 is 9.47 Å². The summed E-state index contributed by atoms with van der Waals surface area (Å²) in [4.78, 5) is 0. The molecule has 100 valence electrons. The summed E-state index contributed by atoms with van der Waals surface area (Å²) in [5.74, 6) is 1.23. The number of rotatable bonds is 5. The lowest BCUT2D eigenvalue weighted by molar-refractivity contribution is 0.239. The maximum atomic E-state index is 13.0. The zero-order valence-corrected chi connectivity index (χ0v) is 11.1. The van der Waals surface area contributed by atoms with Crippen LogP contribution in [0, 0.1) is 5.82 Å². The van der Waals surface area contributed by atoms with Gasteiger partial charge in [-0.2, -0.15) is 0 Å². The topological polar surface area (TPSA) is 18.5 Å². The Labute approximate surface area is 112 Å². The third kappa shape index (κ3) is 4.28. The van der Waals surface area contributed by atoms with Gasteiger partial charge >= 0.3 is 0 Å². The average Bonchev–Trinajstić information content (AvgIpc) is 2.36. The van der Waals surface area contributed by atoms with E-state index in [-0.39, 0.29) is 11.9 Å². The lowest BCUT2D eigenvalue weighted by atomic mass is 10.2. The fourth-order valence-electron chi connectivity index (χ4n) is 1.70. The number of hydrogen-bond donors (Lipinski definition) is 0. The summed E-state index contributed by atoms with van der Waals surface area (Å²) in [5.41, 5.74) is 0.801. The Morgan fingerprint density at radius 2 is 1.74 bits per heavy atom. The molecule has 0 aliphatic heterocycles. The standard InChI is InChI=1S/C16H17FO2/c1-12(2)19-16-8-4-7-15(10-16)18-11-13-5-3-6-14(17)9-13/h3-10,12H,11H2,1-2H3. The lowest BCUT2D eigenvalue weighted by Gasteiger charge is -2.11. The highest BCUT2D eigenvalue weighted by atomic mass is 19.1. The van der Waals surface area contributed by atoms with E-state index in [9.17, 15) is 4.39 Å². The minimum atomic E-state index is -0.252. The Morgan fingerprint density at radius 3 is 2.47 bits per heavy atom. The molecule has 0 heterocycles. The quantitative estimate of drug-likeness (QED) is 0.802. The first-order valence-electron chi connectivity index (χ1n) is 6.27. The van der Waals surface area contributed by atoms with Crippen LogP contribution in [0.2, 0.25) is 0 Å². The van der Waals surface area contributed by atoms with Gasteiger partial charge in [0.05, 0.1) is 6.10 Å². The molecule has 0 amide bonds. The van der Waals surface area contributed by atoms with Gasteiger partial charge in [-0.15, -0.1) is 0 Å². The first kappa shape index (κ1) is 13.4. The van der Waals surface area contributed by atoms with Gasteiger partial charge in [0.15, 0.2) is 0 Å². The second-order valence-corrected chi connectivity index (χ2v) is 4.56. The lowest BCUT2D eigenvalue weighted by Crippen LogP contribution is -2.05. The highest BCUT2D eigenvalue weighted by Gasteiger charge is 2.01. The molecular weight excluding hydrogens is 243 g/mol. The van der Waals surface area contributed by atoms with Gasteiger partial charge in [-0.05, 0) is 43.7 Å². The summed E-state index contributed by atoms with van der Waals surface area (Å²) in [5, 5.41) is 0. The zero-order valence-electron chi connectivity index (χ0n) is 11.1. The van der Waals surface area contributed by atoms with E-state index < -0.39 is 0 Å². The average molecular weight is 260 g/mol. The van der Waals surface area contributed by atoms with Gasteiger partial charge in [0, 0.05) is 6.07 Å². The van der Waals surface area contributed by atoms with Gasteiger partial charge in [0.2, 0.25) is 0 Å². The molecule has 19 heavy (non-hydrogen) atoms. The molecule has 0 aromatic heterocycles. The van der Waals surface area contributed by atoms with Crippen molar-refractivity contribution >= 4 is 0 Å². The Balaban J connectivity index is 1.99. The van der Waals surface area contributed by atoms with Crippen molar-refractivity contribution in [3.05, 3.63) is 59.9 Å². The fourth-order valence-corrected chi connectivity index (χ4v) is 1.70. The third-order valence-corrected chi connectivity index (χ3v) is 2.47. The smallest absolute Gasteiger partial charge is 0.123 e. The van der Waals surface area contributed by atoms with Gasteiger partial charge in [-0.3, -0.25) is 0 Å². The largest absolute Gasteiger partial charge is 0.491 e. The summed E-state index contributed by atoms with van der Waals surface area (Å²) in [6.45, 7) is 4.28. The number of benzene rings is 2. The van der Waals surface area contributed by atoms with E-state index in [1.165, 1.54) is 12.1 Å². The van der Waals surface area contributed by atoms with Crippen LogP contribution in [0.25, 0.3) is 0 Å². The zero-order chi connectivity index (χ0) is 13.7. The molecule has 3 heteroatoms. The summed E-state index contributed by atoms with van der Waals surface area (Å²) in [7, 11) is 0. The molecule has 0 aliphatic carbocycles. The molecular formula is C16H17FO2. The van der Waals surface area contributed by atoms with E-state index in [0.29, 0.717) is 12.4 Å². The van der Waals surface area contributed by atoms with E-state index in [0.717, 1.165) is 11.3 Å². The molecule has 0 spiro atoms. The molecule has 0 saturated carbocycles. The van der Waals surface area contributed by atoms with Gasteiger partial charge in [0.25, 0.3) is 0 Å². The molecule has 0 radical (unpaired) electrons. The molecule has 0 N–H and O–H groups in total. The van der Waals surface area contributed by atoms with Crippen molar-refractivity contribution in [3.8, 4) is 11.5 Å². The van der Waals surface area contributed by atoms with Crippen LogP contribution in [0.5, 0.6) is 11.5 Å². The van der Waals surface area contributed by atoms with Crippen LogP contribution in [-0.2, 0) is 6.61 Å². The van der Waals surface area contributed by atoms with E-state index in [2.05, 4.69) is 0 Å². The van der Waals surface area contributed by atoms with E-state index >= 15 is 0 Å². The Kier molecular flexibility index (Phi) is 4.39. The van der Waals surface area contributed by atoms with E-state index in [4.69, 9.17) is 9.47 Å². The Hall–Kier alpha value is -2.03. The van der Waals surface area contributed by atoms with Crippen LogP contribution < -0.4 is 9.47 Å². The molecule has 0 fully saturated rings. The molecule has 2 rings (SSSR count). The minimum Gasteiger partial charge on any atom is -0.491 e. The first-order chi connectivity index (χ1) is 9.13. The molecule has 2 aromatic rings. The normalized spacial score (nSPS) is 10.5. The molecule has 2 nitrogen and oxygen atoms in total. The minimum absolute atomic E-state index is 0.124. The molecule has 0 saturated heterocycles. The van der Waals surface area contributed by atoms with Gasteiger partial charge in [0.1, 0.15) is 23.9 Å². The van der Waals surface area contributed by atoms with Crippen molar-refractivity contribution < 1.29 is 13.9 Å². The highest BCUT2D eigenvalue weighted by Crippen LogP contribution is 2.21. The predicted molar refractivity (Wildman–Crippen MR) is 72.9 cm³/mol. The Morgan fingerprint density at radius 1 is 1.00 bits per heavy atom. The molecule has 0 atom stereocenters. The van der Waals surface area contributed by atoms with Crippen molar-refractivity contribution in [1.82, 2.24) is 0 Å². The molecule has 0 aliphatic rings. The van der Waals surface area contributed by atoms with Crippen molar-refractivity contribution in [2.45, 2.75) is 26.6 Å². The van der Waals surface area contributed by atoms with Gasteiger partial charge in [-0.1, -0.05) is 18.2 Å². The summed E-state index contributed by atoms with van der Waals surface area (Å²) in [6, 6.07) is 13.8. The maximum Gasteiger partial charge on any atom is 0.123 e. The third-order valence-electron chi connectivity index (χ3n) is 2.47. The van der Waals surface area contributed by atoms with Crippen LogP contribution in [0.4, 0.5) is 4.39 Å². The predicted octanol–water partition coefficient (Wildman–Crippen LogP) is 4.19. The van der Waals surface area contributed by atoms with Crippen molar-refractivity contribution in [3.63, 3.8) is 0 Å². The number of hydrogen-bond acceptors (Lipinski definition) is 2. The van der Waals surface area contributed by atoms with Crippen molar-refractivity contribution in [2.75, 3.05) is 0 Å². The maximum absolute atomic E-state index is 13.0. The summed E-state index contributed by atoms with van der Waals surface area (Å²) in [6.07, 6.45) is 0.124. The number of ether oxygens (including phenoxy) is 2. The summed E-state index contributed by atoms with van der Waals surface area (Å²) >= 11 is 0. The van der Waals surface area contributed by atoms with Crippen molar-refractivity contribution in [2.24, 2.45) is 0 Å². The molecule has 2 aromatic carbocycles. The fraction of sp³-hybridized carbons (Fsp3) is 0.250. The second kappa shape index (κ2) is 6.23. The van der Waals surface area contributed by atoms with E-state index in [1.54, 1.807) is 6.07 Å².